The first-order chi connectivity index (χ1) is 7.25. The van der Waals surface area contributed by atoms with E-state index in [1.165, 1.54) is 13.3 Å². The summed E-state index contributed by atoms with van der Waals surface area (Å²) in [5, 5.41) is 0. The lowest BCUT2D eigenvalue weighted by molar-refractivity contribution is 0.0599. The van der Waals surface area contributed by atoms with Crippen LogP contribution >= 0.6 is 15.9 Å². The summed E-state index contributed by atoms with van der Waals surface area (Å²) in [6.07, 6.45) is 3.05. The molecule has 0 radical (unpaired) electrons. The highest BCUT2D eigenvalue weighted by Crippen LogP contribution is 2.14. The number of rotatable bonds is 1. The second-order valence-electron chi connectivity index (χ2n) is 1.85. The van der Waals surface area contributed by atoms with Crippen LogP contribution in [0.2, 0.25) is 0 Å². The third kappa shape index (κ3) is 6.23. The molecule has 1 aromatic heterocycles. The molecule has 0 amide bonds. The van der Waals surface area contributed by atoms with E-state index in [2.05, 4.69) is 25.7 Å². The third-order valence-corrected chi connectivity index (χ3v) is 1.86. The number of hydrogen-bond donors (Lipinski definition) is 0. The summed E-state index contributed by atoms with van der Waals surface area (Å²) in [4.78, 5) is 14.7. The molecule has 0 aliphatic heterocycles. The molecule has 4 heteroatoms. The number of aromatic nitrogens is 1. The molecule has 0 spiro atoms. The van der Waals surface area contributed by atoms with E-state index in [4.69, 9.17) is 0 Å². The Bertz CT molecular complexity index is 277. The summed E-state index contributed by atoms with van der Waals surface area (Å²) in [7, 11) is 1.34. The number of halogens is 1. The number of methoxy groups -OCH3 is 1. The van der Waals surface area contributed by atoms with E-state index in [9.17, 15) is 4.79 Å². The van der Waals surface area contributed by atoms with Gasteiger partial charge in [0.1, 0.15) is 0 Å². The first-order valence-electron chi connectivity index (χ1n) is 4.93. The van der Waals surface area contributed by atoms with Crippen LogP contribution in [0.4, 0.5) is 0 Å². The zero-order valence-corrected chi connectivity index (χ0v) is 11.5. The Morgan fingerprint density at radius 2 is 1.87 bits per heavy atom. The quantitative estimate of drug-likeness (QED) is 0.734. The van der Waals surface area contributed by atoms with Crippen LogP contribution in [0.25, 0.3) is 0 Å². The second-order valence-corrected chi connectivity index (χ2v) is 2.70. The molecule has 0 unspecified atom stereocenters. The van der Waals surface area contributed by atoms with Gasteiger partial charge in [-0.3, -0.25) is 4.98 Å². The molecule has 0 N–H and O–H groups in total. The molecule has 86 valence electrons. The number of carbonyl (C=O) groups is 1. The van der Waals surface area contributed by atoms with Crippen molar-refractivity contribution in [3.05, 3.63) is 28.5 Å². The van der Waals surface area contributed by atoms with Crippen molar-refractivity contribution in [1.29, 1.82) is 0 Å². The Labute approximate surface area is 100.0 Å². The number of ether oxygens (including phenoxy) is 1. The van der Waals surface area contributed by atoms with Gasteiger partial charge in [0.05, 0.1) is 12.7 Å². The lowest BCUT2D eigenvalue weighted by atomic mass is 10.3. The summed E-state index contributed by atoms with van der Waals surface area (Å²) in [5.41, 5.74) is 0.440. The summed E-state index contributed by atoms with van der Waals surface area (Å²) in [5.74, 6) is -0.384. The van der Waals surface area contributed by atoms with Gasteiger partial charge in [-0.05, 0) is 22.0 Å². The Morgan fingerprint density at radius 3 is 2.27 bits per heavy atom. The summed E-state index contributed by atoms with van der Waals surface area (Å²) >= 11 is 3.20. The summed E-state index contributed by atoms with van der Waals surface area (Å²) in [6, 6.07) is 1.69. The van der Waals surface area contributed by atoms with Crippen molar-refractivity contribution in [2.45, 2.75) is 27.7 Å². The van der Waals surface area contributed by atoms with Crippen molar-refractivity contribution in [2.24, 2.45) is 0 Å². The fourth-order valence-electron chi connectivity index (χ4n) is 0.638. The monoisotopic (exact) mass is 275 g/mol. The van der Waals surface area contributed by atoms with Gasteiger partial charge in [0.25, 0.3) is 0 Å². The van der Waals surface area contributed by atoms with Crippen LogP contribution in [-0.2, 0) is 4.74 Å². The Kier molecular flexibility index (Phi) is 12.3. The van der Waals surface area contributed by atoms with E-state index in [-0.39, 0.29) is 5.97 Å². The predicted octanol–water partition coefficient (Wildman–Crippen LogP) is 3.68. The van der Waals surface area contributed by atoms with Gasteiger partial charge in [-0.25, -0.2) is 4.79 Å². The van der Waals surface area contributed by atoms with Gasteiger partial charge in [0.15, 0.2) is 0 Å². The van der Waals surface area contributed by atoms with Crippen molar-refractivity contribution < 1.29 is 9.53 Å². The number of hydrogen-bond acceptors (Lipinski definition) is 3. The predicted molar refractivity (Wildman–Crippen MR) is 66.0 cm³/mol. The van der Waals surface area contributed by atoms with E-state index in [0.717, 1.165) is 0 Å². The van der Waals surface area contributed by atoms with Crippen molar-refractivity contribution in [3.63, 3.8) is 0 Å². The van der Waals surface area contributed by atoms with Crippen LogP contribution in [-0.4, -0.2) is 18.1 Å². The molecule has 1 heterocycles. The van der Waals surface area contributed by atoms with E-state index in [1.54, 1.807) is 12.3 Å². The minimum Gasteiger partial charge on any atom is -0.465 e. The molecule has 0 saturated carbocycles. The van der Waals surface area contributed by atoms with Crippen molar-refractivity contribution in [2.75, 3.05) is 7.11 Å². The maximum atomic E-state index is 10.9. The molecule has 0 atom stereocenters. The largest absolute Gasteiger partial charge is 0.465 e. The number of carbonyl (C=O) groups excluding carboxylic acids is 1. The van der Waals surface area contributed by atoms with Crippen LogP contribution in [0.3, 0.4) is 0 Å². The Balaban J connectivity index is 0. The molecule has 0 fully saturated rings. The molecule has 0 aliphatic rings. The smallest absolute Gasteiger partial charge is 0.340 e. The van der Waals surface area contributed by atoms with Crippen LogP contribution in [0.5, 0.6) is 0 Å². The Morgan fingerprint density at radius 1 is 1.33 bits per heavy atom. The zero-order valence-electron chi connectivity index (χ0n) is 9.87. The lowest BCUT2D eigenvalue weighted by Crippen LogP contribution is -2.02. The van der Waals surface area contributed by atoms with Crippen molar-refractivity contribution in [3.8, 4) is 0 Å². The topological polar surface area (TPSA) is 39.2 Å². The molecule has 1 aromatic rings. The lowest BCUT2D eigenvalue weighted by Gasteiger charge is -1.99. The van der Waals surface area contributed by atoms with Gasteiger partial charge < -0.3 is 4.74 Å². The van der Waals surface area contributed by atoms with E-state index in [1.807, 2.05) is 27.7 Å². The molecule has 0 bridgehead atoms. The number of pyridine rings is 1. The first kappa shape index (κ1) is 16.5. The first-order valence-corrected chi connectivity index (χ1v) is 5.73. The summed E-state index contributed by atoms with van der Waals surface area (Å²) < 4.78 is 5.20. The van der Waals surface area contributed by atoms with Crippen LogP contribution < -0.4 is 0 Å². The minimum atomic E-state index is -0.384. The SMILES string of the molecule is CC.CC.COC(=O)c1cnccc1Br. The highest BCUT2D eigenvalue weighted by Gasteiger charge is 2.08. The molecule has 0 aromatic carbocycles. The minimum absolute atomic E-state index is 0.384. The molecular formula is C11H18BrNO2. The number of nitrogens with zero attached hydrogens (tertiary/aromatic N) is 1. The molecule has 0 aliphatic carbocycles. The Hall–Kier alpha value is -0.900. The van der Waals surface area contributed by atoms with Gasteiger partial charge in [0, 0.05) is 16.9 Å². The average Bonchev–Trinajstić information content (AvgIpc) is 2.34. The molecular weight excluding hydrogens is 258 g/mol. The van der Waals surface area contributed by atoms with E-state index < -0.39 is 0 Å². The van der Waals surface area contributed by atoms with Crippen molar-refractivity contribution >= 4 is 21.9 Å². The molecule has 15 heavy (non-hydrogen) atoms. The highest BCUT2D eigenvalue weighted by molar-refractivity contribution is 9.10. The fourth-order valence-corrected chi connectivity index (χ4v) is 1.02. The third-order valence-electron chi connectivity index (χ3n) is 1.17. The molecule has 0 saturated heterocycles. The summed E-state index contributed by atoms with van der Waals surface area (Å²) in [6.45, 7) is 8.00. The standard InChI is InChI=1S/C7H6BrNO2.2C2H6/c1-11-7(10)5-4-9-3-2-6(5)8;2*1-2/h2-4H,1H3;2*1-2H3. The van der Waals surface area contributed by atoms with Gasteiger partial charge in [-0.2, -0.15) is 0 Å². The van der Waals surface area contributed by atoms with E-state index >= 15 is 0 Å². The fraction of sp³-hybridized carbons (Fsp3) is 0.455. The highest BCUT2D eigenvalue weighted by atomic mass is 79.9. The second kappa shape index (κ2) is 11.2. The van der Waals surface area contributed by atoms with E-state index in [0.29, 0.717) is 10.0 Å². The number of esters is 1. The zero-order chi connectivity index (χ0) is 12.3. The van der Waals surface area contributed by atoms with Gasteiger partial charge in [-0.1, -0.05) is 27.7 Å². The maximum Gasteiger partial charge on any atom is 0.340 e. The van der Waals surface area contributed by atoms with Crippen molar-refractivity contribution in [1.82, 2.24) is 4.98 Å². The average molecular weight is 276 g/mol. The normalized spacial score (nSPS) is 7.60. The van der Waals surface area contributed by atoms with Crippen LogP contribution in [0, 0.1) is 0 Å². The van der Waals surface area contributed by atoms with Gasteiger partial charge >= 0.3 is 5.97 Å². The van der Waals surface area contributed by atoms with Gasteiger partial charge in [0.2, 0.25) is 0 Å². The van der Waals surface area contributed by atoms with Crippen LogP contribution in [0.15, 0.2) is 22.9 Å². The molecule has 1 rings (SSSR count). The van der Waals surface area contributed by atoms with Crippen LogP contribution in [0.1, 0.15) is 38.1 Å². The maximum absolute atomic E-state index is 10.9. The molecule has 3 nitrogen and oxygen atoms in total. The van der Waals surface area contributed by atoms with Gasteiger partial charge in [-0.15, -0.1) is 0 Å².